The predicted molar refractivity (Wildman–Crippen MR) is 96.7 cm³/mol. The van der Waals surface area contributed by atoms with Crippen LogP contribution in [0.2, 0.25) is 5.02 Å². The maximum atomic E-state index is 13.1. The van der Waals surface area contributed by atoms with Gasteiger partial charge in [0, 0.05) is 12.0 Å². The Morgan fingerprint density at radius 3 is 2.43 bits per heavy atom. The second-order valence-electron chi connectivity index (χ2n) is 5.89. The number of sulfonamides is 1. The van der Waals surface area contributed by atoms with Crippen molar-refractivity contribution >= 4 is 44.8 Å². The summed E-state index contributed by atoms with van der Waals surface area (Å²) >= 11 is 5.98. The third-order valence-electron chi connectivity index (χ3n) is 3.99. The first-order chi connectivity index (χ1) is 13.0. The summed E-state index contributed by atoms with van der Waals surface area (Å²) in [5.74, 6) is -2.02. The number of hydrogen-bond donors (Lipinski definition) is 1. The molecule has 11 heteroatoms. The van der Waals surface area contributed by atoms with Gasteiger partial charge in [-0.15, -0.1) is 0 Å². The average Bonchev–Trinajstić information content (AvgIpc) is 2.88. The zero-order chi connectivity index (χ0) is 20.7. The van der Waals surface area contributed by atoms with E-state index in [1.54, 1.807) is 0 Å². The zero-order valence-corrected chi connectivity index (χ0v) is 15.5. The summed E-state index contributed by atoms with van der Waals surface area (Å²) in [6.45, 7) is 0. The Morgan fingerprint density at radius 1 is 1.14 bits per heavy atom. The van der Waals surface area contributed by atoms with E-state index in [1.807, 2.05) is 0 Å². The minimum Gasteiger partial charge on any atom is -0.321 e. The summed E-state index contributed by atoms with van der Waals surface area (Å²) in [4.78, 5) is 24.4. The van der Waals surface area contributed by atoms with Gasteiger partial charge in [0.15, 0.2) is 0 Å². The summed E-state index contributed by atoms with van der Waals surface area (Å²) < 4.78 is 63.9. The van der Waals surface area contributed by atoms with Gasteiger partial charge in [-0.05, 0) is 30.3 Å². The van der Waals surface area contributed by atoms with Gasteiger partial charge in [-0.3, -0.25) is 9.59 Å². The highest BCUT2D eigenvalue weighted by Gasteiger charge is 2.38. The Kier molecular flexibility index (Phi) is 5.11. The molecule has 1 saturated heterocycles. The van der Waals surface area contributed by atoms with Crippen molar-refractivity contribution in [1.29, 1.82) is 0 Å². The molecule has 1 N–H and O–H groups in total. The molecule has 3 rings (SSSR count). The van der Waals surface area contributed by atoms with E-state index >= 15 is 0 Å². The Balaban J connectivity index is 1.96. The topological polar surface area (TPSA) is 83.6 Å². The van der Waals surface area contributed by atoms with E-state index in [4.69, 9.17) is 11.6 Å². The molecule has 0 aliphatic carbocycles. The Labute approximate surface area is 163 Å². The summed E-state index contributed by atoms with van der Waals surface area (Å²) in [7, 11) is -3.92. The molecule has 0 spiro atoms. The number of alkyl halides is 3. The van der Waals surface area contributed by atoms with E-state index in [9.17, 15) is 31.2 Å². The molecular weight excluding hydrogens is 421 g/mol. The number of hydrogen-bond acceptors (Lipinski definition) is 4. The van der Waals surface area contributed by atoms with Crippen molar-refractivity contribution in [1.82, 2.24) is 0 Å². The Morgan fingerprint density at radius 2 is 1.82 bits per heavy atom. The number of nitrogens with one attached hydrogen (secondary N) is 1. The fourth-order valence-electron chi connectivity index (χ4n) is 2.69. The minimum atomic E-state index is -4.68. The van der Waals surface area contributed by atoms with Gasteiger partial charge in [0.1, 0.15) is 0 Å². The number of halogens is 4. The molecule has 0 atom stereocenters. The second-order valence-corrected chi connectivity index (χ2v) is 8.23. The molecule has 148 valence electrons. The minimum absolute atomic E-state index is 0.0916. The van der Waals surface area contributed by atoms with Crippen LogP contribution in [-0.2, 0) is 21.0 Å². The van der Waals surface area contributed by atoms with Crippen molar-refractivity contribution in [3.8, 4) is 0 Å². The number of nitrogens with zero attached hydrogens (tertiary/aromatic N) is 1. The summed E-state index contributed by atoms with van der Waals surface area (Å²) in [6.07, 6.45) is -4.90. The summed E-state index contributed by atoms with van der Waals surface area (Å²) in [5.41, 5.74) is -1.87. The molecule has 0 radical (unpaired) electrons. The molecule has 0 unspecified atom stereocenters. The van der Waals surface area contributed by atoms with Crippen LogP contribution in [0.15, 0.2) is 42.5 Å². The summed E-state index contributed by atoms with van der Waals surface area (Å²) in [6, 6.07) is 7.88. The number of anilines is 2. The Hall–Kier alpha value is -2.59. The van der Waals surface area contributed by atoms with E-state index in [1.165, 1.54) is 24.3 Å². The molecule has 28 heavy (non-hydrogen) atoms. The van der Waals surface area contributed by atoms with Crippen LogP contribution in [0, 0.1) is 0 Å². The van der Waals surface area contributed by atoms with Crippen LogP contribution in [0.1, 0.15) is 22.3 Å². The highest BCUT2D eigenvalue weighted by molar-refractivity contribution is 7.94. The third kappa shape index (κ3) is 3.83. The second kappa shape index (κ2) is 7.10. The molecule has 1 heterocycles. The lowest BCUT2D eigenvalue weighted by atomic mass is 10.1. The van der Waals surface area contributed by atoms with E-state index < -0.39 is 45.0 Å². The van der Waals surface area contributed by atoms with Crippen molar-refractivity contribution in [2.45, 2.75) is 12.6 Å². The van der Waals surface area contributed by atoms with Crippen LogP contribution in [0.3, 0.4) is 0 Å². The monoisotopic (exact) mass is 432 g/mol. The number of benzene rings is 2. The quantitative estimate of drug-likeness (QED) is 0.802. The van der Waals surface area contributed by atoms with Crippen LogP contribution in [0.4, 0.5) is 24.5 Å². The lowest BCUT2D eigenvalue weighted by Crippen LogP contribution is -2.30. The first-order valence-electron chi connectivity index (χ1n) is 7.83. The molecule has 6 nitrogen and oxygen atoms in total. The normalized spacial score (nSPS) is 16.3. The van der Waals surface area contributed by atoms with Gasteiger partial charge < -0.3 is 5.32 Å². The van der Waals surface area contributed by atoms with Gasteiger partial charge in [-0.1, -0.05) is 23.7 Å². The highest BCUT2D eigenvalue weighted by Crippen LogP contribution is 2.36. The van der Waals surface area contributed by atoms with Crippen LogP contribution in [0.25, 0.3) is 0 Å². The molecule has 0 aromatic heterocycles. The Bertz CT molecular complexity index is 1070. The molecular formula is C17H12ClF3N2O4S. The molecule has 1 fully saturated rings. The van der Waals surface area contributed by atoms with Crippen molar-refractivity contribution in [3.05, 3.63) is 58.6 Å². The zero-order valence-electron chi connectivity index (χ0n) is 14.0. The van der Waals surface area contributed by atoms with Gasteiger partial charge >= 0.3 is 6.18 Å². The molecule has 1 aliphatic rings. The smallest absolute Gasteiger partial charge is 0.321 e. The van der Waals surface area contributed by atoms with Crippen LogP contribution in [0.5, 0.6) is 0 Å². The SMILES string of the molecule is O=C(Nc1ccccc1C(F)(F)F)c1ccc(Cl)c(N2C(=O)CCS2(=O)=O)c1. The largest absolute Gasteiger partial charge is 0.418 e. The maximum Gasteiger partial charge on any atom is 0.418 e. The lowest BCUT2D eigenvalue weighted by Gasteiger charge is -2.18. The van der Waals surface area contributed by atoms with Gasteiger partial charge in [0.05, 0.1) is 27.7 Å². The number of amides is 2. The van der Waals surface area contributed by atoms with Gasteiger partial charge in [0.25, 0.3) is 5.91 Å². The van der Waals surface area contributed by atoms with Crippen molar-refractivity contribution < 1.29 is 31.2 Å². The molecule has 1 aliphatic heterocycles. The number of carbonyl (C=O) groups is 2. The van der Waals surface area contributed by atoms with Crippen molar-refractivity contribution in [3.63, 3.8) is 0 Å². The van der Waals surface area contributed by atoms with Crippen LogP contribution >= 0.6 is 11.6 Å². The van der Waals surface area contributed by atoms with Crippen LogP contribution < -0.4 is 9.62 Å². The third-order valence-corrected chi connectivity index (χ3v) is 5.98. The van der Waals surface area contributed by atoms with Gasteiger partial charge in [-0.25, -0.2) is 12.7 Å². The number of rotatable bonds is 3. The number of para-hydroxylation sites is 1. The molecule has 2 aromatic rings. The molecule has 0 saturated carbocycles. The molecule has 2 amide bonds. The lowest BCUT2D eigenvalue weighted by molar-refractivity contribution is -0.136. The van der Waals surface area contributed by atoms with Gasteiger partial charge in [0.2, 0.25) is 15.9 Å². The number of carbonyl (C=O) groups excluding carboxylic acids is 2. The predicted octanol–water partition coefficient (Wildman–Crippen LogP) is 3.68. The molecule has 0 bridgehead atoms. The average molecular weight is 433 g/mol. The van der Waals surface area contributed by atoms with Gasteiger partial charge in [-0.2, -0.15) is 13.2 Å². The fraction of sp³-hybridized carbons (Fsp3) is 0.176. The molecule has 2 aromatic carbocycles. The van der Waals surface area contributed by atoms with E-state index in [0.717, 1.165) is 18.2 Å². The van der Waals surface area contributed by atoms with E-state index in [-0.39, 0.29) is 22.7 Å². The fourth-order valence-corrected chi connectivity index (χ4v) is 4.41. The van der Waals surface area contributed by atoms with E-state index in [0.29, 0.717) is 4.31 Å². The standard InChI is InChI=1S/C17H12ClF3N2O4S/c18-12-6-5-10(9-14(12)23-15(24)7-8-28(23,26)27)16(25)22-13-4-2-1-3-11(13)17(19,20)21/h1-6,9H,7-8H2,(H,22,25). The van der Waals surface area contributed by atoms with Crippen LogP contribution in [-0.4, -0.2) is 26.0 Å². The van der Waals surface area contributed by atoms with Crippen molar-refractivity contribution in [2.75, 3.05) is 15.4 Å². The first kappa shape index (κ1) is 20.2. The summed E-state index contributed by atoms with van der Waals surface area (Å²) in [5, 5.41) is 2.06. The maximum absolute atomic E-state index is 13.1. The highest BCUT2D eigenvalue weighted by atomic mass is 35.5. The first-order valence-corrected chi connectivity index (χ1v) is 9.82. The van der Waals surface area contributed by atoms with Crippen molar-refractivity contribution in [2.24, 2.45) is 0 Å². The van der Waals surface area contributed by atoms with E-state index in [2.05, 4.69) is 5.32 Å².